The third-order valence-electron chi connectivity index (χ3n) is 3.13. The highest BCUT2D eigenvalue weighted by atomic mass is 28.3. The number of rotatable bonds is 6. The van der Waals surface area contributed by atoms with Gasteiger partial charge in [0.25, 0.3) is 5.56 Å². The first-order valence-corrected chi connectivity index (χ1v) is 9.98. The number of H-pyrrole nitrogens is 1. The largest absolute Gasteiger partial charge is 0.415 e. The van der Waals surface area contributed by atoms with Crippen molar-refractivity contribution in [2.75, 3.05) is 6.61 Å². The van der Waals surface area contributed by atoms with E-state index in [9.17, 15) is 9.59 Å². The monoisotopic (exact) mass is 314 g/mol. The molecule has 0 fully saturated rings. The highest BCUT2D eigenvalue weighted by Crippen LogP contribution is 2.24. The maximum atomic E-state index is 11.7. The summed E-state index contributed by atoms with van der Waals surface area (Å²) in [7, 11) is -1.18. The summed E-state index contributed by atoms with van der Waals surface area (Å²) in [5, 5.41) is 0. The van der Waals surface area contributed by atoms with E-state index in [1.807, 2.05) is 0 Å². The highest BCUT2D eigenvalue weighted by molar-refractivity contribution is 6.48. The van der Waals surface area contributed by atoms with E-state index in [1.54, 1.807) is 6.92 Å². The molecule has 1 rings (SSSR count). The van der Waals surface area contributed by atoms with E-state index in [0.717, 1.165) is 0 Å². The fraction of sp³-hybridized carbons (Fsp3) is 0.714. The molecule has 0 bridgehead atoms. The molecule has 6 nitrogen and oxygen atoms in total. The first kappa shape index (κ1) is 17.9. The summed E-state index contributed by atoms with van der Waals surface area (Å²) in [6, 6.07) is 1.31. The lowest BCUT2D eigenvalue weighted by atomic mass is 9.90. The van der Waals surface area contributed by atoms with Crippen LogP contribution >= 0.6 is 0 Å². The zero-order valence-corrected chi connectivity index (χ0v) is 14.8. The van der Waals surface area contributed by atoms with E-state index >= 15 is 0 Å². The molecular weight excluding hydrogens is 288 g/mol. The fourth-order valence-corrected chi connectivity index (χ4v) is 2.99. The molecule has 21 heavy (non-hydrogen) atoms. The van der Waals surface area contributed by atoms with Gasteiger partial charge in [0, 0.05) is 12.3 Å². The Bertz CT molecular complexity index is 559. The van der Waals surface area contributed by atoms with Crippen molar-refractivity contribution in [2.24, 2.45) is 5.41 Å². The lowest BCUT2D eigenvalue weighted by Gasteiger charge is -2.33. The van der Waals surface area contributed by atoms with Gasteiger partial charge < -0.3 is 9.16 Å². The van der Waals surface area contributed by atoms with Crippen molar-refractivity contribution < 1.29 is 9.16 Å². The second-order valence-electron chi connectivity index (χ2n) is 6.49. The summed E-state index contributed by atoms with van der Waals surface area (Å²) >= 11 is 0. The Morgan fingerprint density at radius 1 is 1.33 bits per heavy atom. The Labute approximate surface area is 126 Å². The molecule has 0 saturated carbocycles. The quantitative estimate of drug-likeness (QED) is 0.807. The Morgan fingerprint density at radius 3 is 2.43 bits per heavy atom. The molecule has 1 N–H and O–H groups in total. The normalized spacial score (nSPS) is 15.2. The molecular formula is C14H26N2O4Si. The van der Waals surface area contributed by atoms with Gasteiger partial charge in [-0.15, -0.1) is 0 Å². The second-order valence-corrected chi connectivity index (χ2v) is 8.86. The predicted octanol–water partition coefficient (Wildman–Crippen LogP) is 1.49. The molecule has 1 aromatic heterocycles. The maximum Gasteiger partial charge on any atom is 0.330 e. The third kappa shape index (κ3) is 5.60. The van der Waals surface area contributed by atoms with Gasteiger partial charge in [0.1, 0.15) is 6.23 Å². The van der Waals surface area contributed by atoms with Gasteiger partial charge in [0.15, 0.2) is 9.04 Å². The van der Waals surface area contributed by atoms with Gasteiger partial charge in [0.05, 0.1) is 12.7 Å². The van der Waals surface area contributed by atoms with Crippen LogP contribution in [0, 0.1) is 5.41 Å². The summed E-state index contributed by atoms with van der Waals surface area (Å²) in [5.41, 5.74) is -0.918. The minimum Gasteiger partial charge on any atom is -0.415 e. The Balaban J connectivity index is 2.75. The molecule has 1 heterocycles. The van der Waals surface area contributed by atoms with Crippen LogP contribution in [0.2, 0.25) is 13.1 Å². The number of aromatic amines is 1. The average molecular weight is 314 g/mol. The molecule has 0 aliphatic carbocycles. The van der Waals surface area contributed by atoms with Gasteiger partial charge in [-0.05, 0) is 25.4 Å². The lowest BCUT2D eigenvalue weighted by molar-refractivity contribution is -0.0596. The van der Waals surface area contributed by atoms with Crippen LogP contribution in [0.5, 0.6) is 0 Å². The topological polar surface area (TPSA) is 73.3 Å². The average Bonchev–Trinajstić information content (AvgIpc) is 2.32. The summed E-state index contributed by atoms with van der Waals surface area (Å²) < 4.78 is 13.2. The predicted molar refractivity (Wildman–Crippen MR) is 85.2 cm³/mol. The van der Waals surface area contributed by atoms with Crippen LogP contribution in [0.15, 0.2) is 21.9 Å². The standard InChI is InChI=1S/C14H26N2O4Si/c1-10(16-8-7-12(17)15-13(16)18)19-9-11(14(2,3)4)20-21(5)6/h7-8,10-11,21H,9H2,1-6H3,(H,15,17,18). The molecule has 120 valence electrons. The van der Waals surface area contributed by atoms with Crippen molar-refractivity contribution in [3.63, 3.8) is 0 Å². The molecule has 7 heteroatoms. The van der Waals surface area contributed by atoms with Crippen LogP contribution in [0.4, 0.5) is 0 Å². The van der Waals surface area contributed by atoms with Crippen molar-refractivity contribution in [3.05, 3.63) is 33.1 Å². The molecule has 0 aliphatic rings. The Morgan fingerprint density at radius 2 is 1.95 bits per heavy atom. The smallest absolute Gasteiger partial charge is 0.330 e. The van der Waals surface area contributed by atoms with Gasteiger partial charge >= 0.3 is 5.69 Å². The van der Waals surface area contributed by atoms with E-state index in [1.165, 1.54) is 16.8 Å². The first-order chi connectivity index (χ1) is 9.61. The number of aromatic nitrogens is 2. The highest BCUT2D eigenvalue weighted by Gasteiger charge is 2.27. The Kier molecular flexibility index (Phi) is 6.12. The minimum atomic E-state index is -1.18. The van der Waals surface area contributed by atoms with Gasteiger partial charge in [-0.25, -0.2) is 4.79 Å². The van der Waals surface area contributed by atoms with Crippen LogP contribution in [0.1, 0.15) is 33.9 Å². The van der Waals surface area contributed by atoms with Crippen LogP contribution in [-0.2, 0) is 9.16 Å². The molecule has 2 unspecified atom stereocenters. The van der Waals surface area contributed by atoms with Crippen LogP contribution < -0.4 is 11.2 Å². The van der Waals surface area contributed by atoms with Crippen molar-refractivity contribution in [1.82, 2.24) is 9.55 Å². The fourth-order valence-electron chi connectivity index (χ4n) is 1.84. The van der Waals surface area contributed by atoms with Crippen LogP contribution in [-0.4, -0.2) is 31.3 Å². The van der Waals surface area contributed by atoms with E-state index in [-0.39, 0.29) is 11.5 Å². The minimum absolute atomic E-state index is 0.0231. The van der Waals surface area contributed by atoms with E-state index in [2.05, 4.69) is 38.8 Å². The van der Waals surface area contributed by atoms with Crippen LogP contribution in [0.25, 0.3) is 0 Å². The number of hydrogen-bond donors (Lipinski definition) is 1. The van der Waals surface area contributed by atoms with Gasteiger partial charge in [-0.1, -0.05) is 20.8 Å². The molecule has 2 atom stereocenters. The van der Waals surface area contributed by atoms with Crippen molar-refractivity contribution in [3.8, 4) is 0 Å². The van der Waals surface area contributed by atoms with Crippen molar-refractivity contribution in [2.45, 2.75) is 53.1 Å². The molecule has 0 aliphatic heterocycles. The van der Waals surface area contributed by atoms with Crippen LogP contribution in [0.3, 0.4) is 0 Å². The zero-order valence-electron chi connectivity index (χ0n) is 13.7. The molecule has 0 radical (unpaired) electrons. The number of ether oxygens (including phenoxy) is 1. The first-order valence-electron chi connectivity index (χ1n) is 7.20. The van der Waals surface area contributed by atoms with E-state index in [4.69, 9.17) is 9.16 Å². The SMILES string of the molecule is CC(OCC(O[SiH](C)C)C(C)(C)C)n1ccc(=O)[nH]c1=O. The zero-order chi connectivity index (χ0) is 16.2. The van der Waals surface area contributed by atoms with Gasteiger partial charge in [0.2, 0.25) is 0 Å². The van der Waals surface area contributed by atoms with Crippen molar-refractivity contribution >= 4 is 9.04 Å². The second kappa shape index (κ2) is 7.19. The van der Waals surface area contributed by atoms with Crippen molar-refractivity contribution in [1.29, 1.82) is 0 Å². The molecule has 1 aromatic rings. The summed E-state index contributed by atoms with van der Waals surface area (Å²) in [4.78, 5) is 25.0. The number of nitrogens with one attached hydrogen (secondary N) is 1. The molecule has 0 aromatic carbocycles. The van der Waals surface area contributed by atoms with E-state index < -0.39 is 26.5 Å². The third-order valence-corrected chi connectivity index (χ3v) is 4.01. The summed E-state index contributed by atoms with van der Waals surface area (Å²) in [6.07, 6.45) is 0.956. The number of nitrogens with zero attached hydrogens (tertiary/aromatic N) is 1. The Hall–Kier alpha value is -1.18. The maximum absolute atomic E-state index is 11.7. The van der Waals surface area contributed by atoms with Gasteiger partial charge in [-0.3, -0.25) is 14.3 Å². The molecule has 0 spiro atoms. The molecule has 0 amide bonds. The van der Waals surface area contributed by atoms with Gasteiger partial charge in [-0.2, -0.15) is 0 Å². The number of hydrogen-bond acceptors (Lipinski definition) is 4. The summed E-state index contributed by atoms with van der Waals surface area (Å²) in [6.45, 7) is 12.7. The molecule has 0 saturated heterocycles. The van der Waals surface area contributed by atoms with E-state index in [0.29, 0.717) is 6.61 Å². The summed E-state index contributed by atoms with van der Waals surface area (Å²) in [5.74, 6) is 0. The lowest BCUT2D eigenvalue weighted by Crippen LogP contribution is -2.39.